The lowest BCUT2D eigenvalue weighted by molar-refractivity contribution is 0.546. The molecule has 1 aliphatic rings. The van der Waals surface area contributed by atoms with E-state index in [0.717, 1.165) is 12.1 Å². The average molecular weight is 409 g/mol. The fourth-order valence-electron chi connectivity index (χ4n) is 2.93. The van der Waals surface area contributed by atoms with Crippen molar-refractivity contribution in [2.45, 2.75) is 33.9 Å². The Hall–Kier alpha value is -1.15. The lowest BCUT2D eigenvalue weighted by atomic mass is 9.77. The second kappa shape index (κ2) is 5.17. The van der Waals surface area contributed by atoms with E-state index in [0.29, 0.717) is 11.1 Å². The van der Waals surface area contributed by atoms with Gasteiger partial charge in [-0.2, -0.15) is 0 Å². The van der Waals surface area contributed by atoms with Crippen molar-refractivity contribution in [1.29, 1.82) is 0 Å². The quantitative estimate of drug-likeness (QED) is 0.671. The van der Waals surface area contributed by atoms with Gasteiger partial charge in [0.2, 0.25) is 9.84 Å². The summed E-state index contributed by atoms with van der Waals surface area (Å²) >= 11 is 6.00. The summed E-state index contributed by atoms with van der Waals surface area (Å²) in [5, 5.41) is -0.169. The summed E-state index contributed by atoms with van der Waals surface area (Å²) in [6, 6.07) is 5.74. The number of halogens is 3. The summed E-state index contributed by atoms with van der Waals surface area (Å²) < 4.78 is 62.6. The van der Waals surface area contributed by atoms with Crippen molar-refractivity contribution in [1.82, 2.24) is 0 Å². The van der Waals surface area contributed by atoms with Crippen LogP contribution >= 0.6 is 22.3 Å². The Morgan fingerprint density at radius 1 is 1.04 bits per heavy atom. The Morgan fingerprint density at radius 3 is 2.21 bits per heavy atom. The van der Waals surface area contributed by atoms with Crippen LogP contribution in [0.2, 0.25) is 5.02 Å². The number of sulfone groups is 1. The first-order chi connectivity index (χ1) is 10.9. The highest BCUT2D eigenvalue weighted by atomic mass is 35.7. The predicted octanol–water partition coefficient (Wildman–Crippen LogP) is 3.88. The van der Waals surface area contributed by atoms with Crippen LogP contribution in [0.1, 0.15) is 25.0 Å². The molecule has 0 N–H and O–H groups in total. The van der Waals surface area contributed by atoms with Crippen LogP contribution in [0.5, 0.6) is 0 Å². The molecule has 0 saturated carbocycles. The number of rotatable bonds is 1. The van der Waals surface area contributed by atoms with Crippen LogP contribution in [-0.4, -0.2) is 16.8 Å². The largest absolute Gasteiger partial charge is 0.262 e. The fourth-order valence-corrected chi connectivity index (χ4v) is 6.52. The monoisotopic (exact) mass is 408 g/mol. The van der Waals surface area contributed by atoms with Gasteiger partial charge in [-0.15, -0.1) is 0 Å². The average Bonchev–Trinajstić information content (AvgIpc) is 2.43. The Kier molecular flexibility index (Phi) is 3.81. The van der Waals surface area contributed by atoms with Gasteiger partial charge in [-0.1, -0.05) is 31.5 Å². The molecule has 24 heavy (non-hydrogen) atoms. The number of hydrogen-bond acceptors (Lipinski definition) is 4. The molecule has 0 bridgehead atoms. The van der Waals surface area contributed by atoms with Crippen molar-refractivity contribution in [3.63, 3.8) is 0 Å². The Labute approximate surface area is 148 Å². The van der Waals surface area contributed by atoms with Crippen molar-refractivity contribution >= 4 is 41.2 Å². The Bertz CT molecular complexity index is 1090. The Balaban J connectivity index is 2.49. The number of fused-ring (bicyclic) bond motifs is 2. The third-order valence-corrected chi connectivity index (χ3v) is 7.79. The van der Waals surface area contributed by atoms with E-state index in [-0.39, 0.29) is 14.8 Å². The molecule has 0 saturated heterocycles. The van der Waals surface area contributed by atoms with E-state index in [4.69, 9.17) is 22.3 Å². The topological polar surface area (TPSA) is 68.3 Å². The summed E-state index contributed by atoms with van der Waals surface area (Å²) in [4.78, 5) is -0.932. The summed E-state index contributed by atoms with van der Waals surface area (Å²) in [7, 11) is -3.03. The van der Waals surface area contributed by atoms with E-state index in [1.807, 2.05) is 0 Å². The van der Waals surface area contributed by atoms with Gasteiger partial charge >= 0.3 is 0 Å². The predicted molar refractivity (Wildman–Crippen MR) is 88.5 cm³/mol. The molecule has 0 fully saturated rings. The van der Waals surface area contributed by atoms with Gasteiger partial charge in [0.05, 0.1) is 14.8 Å². The van der Waals surface area contributed by atoms with E-state index in [2.05, 4.69) is 0 Å². The third-order valence-electron chi connectivity index (χ3n) is 4.17. The van der Waals surface area contributed by atoms with E-state index in [9.17, 15) is 21.2 Å². The van der Waals surface area contributed by atoms with Crippen LogP contribution in [-0.2, 0) is 24.3 Å². The van der Waals surface area contributed by atoms with Gasteiger partial charge in [0.15, 0.2) is 0 Å². The molecule has 128 valence electrons. The number of benzene rings is 2. The van der Waals surface area contributed by atoms with E-state index >= 15 is 0 Å². The molecule has 0 unspecified atom stereocenters. The molecule has 2 aromatic carbocycles. The van der Waals surface area contributed by atoms with Crippen LogP contribution in [0.3, 0.4) is 0 Å². The van der Waals surface area contributed by atoms with Gasteiger partial charge in [0, 0.05) is 16.1 Å². The molecule has 1 heterocycles. The fraction of sp³-hybridized carbons (Fsp3) is 0.200. The normalized spacial score (nSPS) is 17.9. The van der Waals surface area contributed by atoms with Gasteiger partial charge < -0.3 is 0 Å². The van der Waals surface area contributed by atoms with Crippen molar-refractivity contribution in [2.75, 3.05) is 0 Å². The van der Waals surface area contributed by atoms with Gasteiger partial charge in [0.25, 0.3) is 9.05 Å². The third kappa shape index (κ3) is 2.45. The smallest absolute Gasteiger partial charge is 0.218 e. The maximum atomic E-state index is 13.6. The van der Waals surface area contributed by atoms with Crippen molar-refractivity contribution < 1.29 is 21.2 Å². The second-order valence-corrected chi connectivity index (χ2v) is 10.8. The van der Waals surface area contributed by atoms with Gasteiger partial charge in [-0.05, 0) is 35.4 Å². The molecule has 2 aromatic rings. The summed E-state index contributed by atoms with van der Waals surface area (Å²) in [5.41, 5.74) is -0.0771. The maximum absolute atomic E-state index is 13.6. The van der Waals surface area contributed by atoms with Crippen molar-refractivity contribution in [3.05, 3.63) is 52.3 Å². The minimum absolute atomic E-state index is 0.169. The summed E-state index contributed by atoms with van der Waals surface area (Å²) in [5.74, 6) is -0.698. The molecule has 0 atom stereocenters. The highest BCUT2D eigenvalue weighted by Gasteiger charge is 2.42. The van der Waals surface area contributed by atoms with E-state index in [1.54, 1.807) is 13.8 Å². The minimum atomic E-state index is -4.24. The van der Waals surface area contributed by atoms with Gasteiger partial charge in [-0.3, -0.25) is 0 Å². The molecule has 4 nitrogen and oxygen atoms in total. The molecule has 0 spiro atoms. The zero-order chi connectivity index (χ0) is 18.1. The zero-order valence-electron chi connectivity index (χ0n) is 12.5. The second-order valence-electron chi connectivity index (χ2n) is 5.99. The molecule has 0 radical (unpaired) electrons. The van der Waals surface area contributed by atoms with Crippen molar-refractivity contribution in [3.8, 4) is 0 Å². The van der Waals surface area contributed by atoms with Crippen LogP contribution < -0.4 is 0 Å². The SMILES string of the molecule is CC1(C)c2ccc(F)cc2S(=O)(=O)c2cc(S(=O)(=O)Cl)c(Cl)cc21. The van der Waals surface area contributed by atoms with Crippen LogP contribution in [0, 0.1) is 5.82 Å². The van der Waals surface area contributed by atoms with Crippen molar-refractivity contribution in [2.24, 2.45) is 0 Å². The molecule has 9 heteroatoms. The van der Waals surface area contributed by atoms with Crippen LogP contribution in [0.25, 0.3) is 0 Å². The highest BCUT2D eigenvalue weighted by molar-refractivity contribution is 8.13. The first-order valence-corrected chi connectivity index (χ1v) is 10.9. The minimum Gasteiger partial charge on any atom is -0.218 e. The Morgan fingerprint density at radius 2 is 1.62 bits per heavy atom. The molecular weight excluding hydrogens is 398 g/mol. The lowest BCUT2D eigenvalue weighted by Crippen LogP contribution is -2.30. The standard InChI is InChI=1S/C15H11Cl2FO4S2/c1-15(2)9-4-3-8(18)5-12(9)23(19,20)13-7-14(24(17,21)22)11(16)6-10(13)15/h3-7H,1-2H3. The zero-order valence-corrected chi connectivity index (χ0v) is 15.6. The summed E-state index contributed by atoms with van der Waals surface area (Å²) in [6.07, 6.45) is 0. The molecule has 0 aromatic heterocycles. The number of hydrogen-bond donors (Lipinski definition) is 0. The highest BCUT2D eigenvalue weighted by Crippen LogP contribution is 2.47. The molecule has 0 aliphatic carbocycles. The summed E-state index contributed by atoms with van der Waals surface area (Å²) in [6.45, 7) is 3.50. The molecule has 3 rings (SSSR count). The van der Waals surface area contributed by atoms with Crippen LogP contribution in [0.15, 0.2) is 45.0 Å². The van der Waals surface area contributed by atoms with Crippen LogP contribution in [0.4, 0.5) is 4.39 Å². The molecular formula is C15H11Cl2FO4S2. The maximum Gasteiger partial charge on any atom is 0.262 e. The van der Waals surface area contributed by atoms with E-state index in [1.165, 1.54) is 18.2 Å². The first-order valence-electron chi connectivity index (χ1n) is 6.70. The van der Waals surface area contributed by atoms with E-state index < -0.39 is 35.0 Å². The van der Waals surface area contributed by atoms with Gasteiger partial charge in [0.1, 0.15) is 10.7 Å². The molecule has 1 aliphatic heterocycles. The lowest BCUT2D eigenvalue weighted by Gasteiger charge is -2.35. The van der Waals surface area contributed by atoms with Gasteiger partial charge in [-0.25, -0.2) is 21.2 Å². The first kappa shape index (κ1) is 17.7. The molecule has 0 amide bonds.